The highest BCUT2D eigenvalue weighted by atomic mass is 16.5. The van der Waals surface area contributed by atoms with E-state index in [1.54, 1.807) is 14.2 Å². The maximum atomic E-state index is 5.53. The summed E-state index contributed by atoms with van der Waals surface area (Å²) in [6.45, 7) is 0.687. The van der Waals surface area contributed by atoms with Crippen molar-refractivity contribution in [2.45, 2.75) is 6.54 Å². The van der Waals surface area contributed by atoms with E-state index in [0.717, 1.165) is 39.5 Å². The minimum atomic E-state index is 0.687. The number of hydrogen-bond acceptors (Lipinski definition) is 3. The molecule has 0 aliphatic heterocycles. The number of nitrogens with zero attached hydrogens (tertiary/aromatic N) is 2. The molecule has 28 heavy (non-hydrogen) atoms. The van der Waals surface area contributed by atoms with E-state index < -0.39 is 0 Å². The number of methoxy groups -OCH3 is 2. The summed E-state index contributed by atoms with van der Waals surface area (Å²) < 4.78 is 13.0. The van der Waals surface area contributed by atoms with Crippen molar-refractivity contribution >= 4 is 23.2 Å². The van der Waals surface area contributed by atoms with Crippen LogP contribution < -0.4 is 9.47 Å². The number of hydrogen-bond donors (Lipinski definition) is 0. The van der Waals surface area contributed by atoms with Crippen molar-refractivity contribution in [1.82, 2.24) is 9.55 Å². The first kappa shape index (κ1) is 17.9. The van der Waals surface area contributed by atoms with Gasteiger partial charge in [-0.25, -0.2) is 4.98 Å². The van der Waals surface area contributed by atoms with Crippen molar-refractivity contribution in [1.29, 1.82) is 0 Å². The van der Waals surface area contributed by atoms with Gasteiger partial charge in [0.25, 0.3) is 0 Å². The number of imidazole rings is 1. The third-order valence-corrected chi connectivity index (χ3v) is 4.75. The number of ether oxygens (including phenoxy) is 2. The molecular weight excluding hydrogens is 348 g/mol. The van der Waals surface area contributed by atoms with Gasteiger partial charge < -0.3 is 14.0 Å². The third kappa shape index (κ3) is 3.62. The van der Waals surface area contributed by atoms with Crippen molar-refractivity contribution in [3.63, 3.8) is 0 Å². The summed E-state index contributed by atoms with van der Waals surface area (Å²) in [7, 11) is 3.38. The Morgan fingerprint density at radius 2 is 1.57 bits per heavy atom. The van der Waals surface area contributed by atoms with E-state index >= 15 is 0 Å². The van der Waals surface area contributed by atoms with Gasteiger partial charge in [0, 0.05) is 5.56 Å². The Morgan fingerprint density at radius 3 is 2.36 bits per heavy atom. The summed E-state index contributed by atoms with van der Waals surface area (Å²) in [6.07, 6.45) is 4.12. The maximum absolute atomic E-state index is 5.53. The molecule has 0 radical (unpaired) electrons. The van der Waals surface area contributed by atoms with Crippen molar-refractivity contribution < 1.29 is 9.47 Å². The lowest BCUT2D eigenvalue weighted by atomic mass is 10.2. The standard InChI is InChI=1S/C24H22N2O2/c1-27-20-14-11-18(12-15-20)13-16-24-25-21-8-4-5-9-22(21)26(24)17-19-7-3-6-10-23(19)28-2/h3-16H,17H2,1-2H3. The minimum absolute atomic E-state index is 0.687. The molecule has 4 nitrogen and oxygen atoms in total. The second-order valence-electron chi connectivity index (χ2n) is 6.46. The smallest absolute Gasteiger partial charge is 0.134 e. The molecule has 0 saturated heterocycles. The van der Waals surface area contributed by atoms with E-state index in [0.29, 0.717) is 6.54 Å². The van der Waals surface area contributed by atoms with Gasteiger partial charge in [-0.2, -0.15) is 0 Å². The van der Waals surface area contributed by atoms with Gasteiger partial charge in [-0.05, 0) is 42.0 Å². The van der Waals surface area contributed by atoms with Gasteiger partial charge in [0.1, 0.15) is 17.3 Å². The quantitative estimate of drug-likeness (QED) is 0.464. The van der Waals surface area contributed by atoms with Crippen molar-refractivity contribution in [2.75, 3.05) is 14.2 Å². The van der Waals surface area contributed by atoms with Crippen LogP contribution in [0.25, 0.3) is 23.2 Å². The van der Waals surface area contributed by atoms with Crippen molar-refractivity contribution in [2.24, 2.45) is 0 Å². The van der Waals surface area contributed by atoms with Gasteiger partial charge in [-0.1, -0.05) is 48.5 Å². The van der Waals surface area contributed by atoms with Crippen LogP contribution in [-0.4, -0.2) is 23.8 Å². The maximum Gasteiger partial charge on any atom is 0.134 e. The van der Waals surface area contributed by atoms with E-state index in [9.17, 15) is 0 Å². The van der Waals surface area contributed by atoms with Crippen LogP contribution in [0.4, 0.5) is 0 Å². The molecule has 0 aliphatic carbocycles. The number of rotatable bonds is 6. The average molecular weight is 370 g/mol. The molecule has 0 spiro atoms. The largest absolute Gasteiger partial charge is 0.497 e. The summed E-state index contributed by atoms with van der Waals surface area (Å²) in [6, 6.07) is 24.3. The Bertz CT molecular complexity index is 1110. The third-order valence-electron chi connectivity index (χ3n) is 4.75. The van der Waals surface area contributed by atoms with Gasteiger partial charge in [0.15, 0.2) is 0 Å². The van der Waals surface area contributed by atoms with E-state index in [1.807, 2.05) is 60.7 Å². The summed E-state index contributed by atoms with van der Waals surface area (Å²) in [4.78, 5) is 4.82. The average Bonchev–Trinajstić information content (AvgIpc) is 3.10. The van der Waals surface area contributed by atoms with Crippen LogP contribution in [-0.2, 0) is 6.54 Å². The molecule has 1 aromatic heterocycles. The van der Waals surface area contributed by atoms with Gasteiger partial charge >= 0.3 is 0 Å². The normalized spacial score (nSPS) is 11.2. The van der Waals surface area contributed by atoms with Crippen LogP contribution in [0.2, 0.25) is 0 Å². The van der Waals surface area contributed by atoms with Crippen LogP contribution in [0.15, 0.2) is 72.8 Å². The Labute approximate surface area is 164 Å². The molecule has 4 aromatic rings. The highest BCUT2D eigenvalue weighted by Gasteiger charge is 2.11. The Morgan fingerprint density at radius 1 is 0.821 bits per heavy atom. The monoisotopic (exact) mass is 370 g/mol. The molecule has 0 atom stereocenters. The van der Waals surface area contributed by atoms with E-state index in [1.165, 1.54) is 0 Å². The van der Waals surface area contributed by atoms with E-state index in [4.69, 9.17) is 14.5 Å². The topological polar surface area (TPSA) is 36.3 Å². The van der Waals surface area contributed by atoms with Crippen LogP contribution in [0.1, 0.15) is 17.0 Å². The second kappa shape index (κ2) is 8.01. The number of benzene rings is 3. The fourth-order valence-corrected chi connectivity index (χ4v) is 3.28. The minimum Gasteiger partial charge on any atom is -0.497 e. The molecule has 140 valence electrons. The van der Waals surface area contributed by atoms with Crippen LogP contribution in [0, 0.1) is 0 Å². The number of aromatic nitrogens is 2. The lowest BCUT2D eigenvalue weighted by Crippen LogP contribution is -2.03. The number of fused-ring (bicyclic) bond motifs is 1. The molecule has 4 heteroatoms. The lowest BCUT2D eigenvalue weighted by Gasteiger charge is -2.11. The van der Waals surface area contributed by atoms with Crippen LogP contribution >= 0.6 is 0 Å². The molecule has 3 aromatic carbocycles. The predicted octanol–water partition coefficient (Wildman–Crippen LogP) is 5.27. The van der Waals surface area contributed by atoms with E-state index in [-0.39, 0.29) is 0 Å². The van der Waals surface area contributed by atoms with Gasteiger partial charge in [0.2, 0.25) is 0 Å². The van der Waals surface area contributed by atoms with Crippen molar-refractivity contribution in [3.05, 3.63) is 89.7 Å². The van der Waals surface area contributed by atoms with Gasteiger partial charge in [0.05, 0.1) is 31.8 Å². The molecule has 0 fully saturated rings. The fourth-order valence-electron chi connectivity index (χ4n) is 3.28. The second-order valence-corrected chi connectivity index (χ2v) is 6.46. The molecule has 0 aliphatic rings. The molecule has 0 saturated carbocycles. The Kier molecular flexibility index (Phi) is 5.11. The molecule has 0 amide bonds. The molecule has 0 bridgehead atoms. The van der Waals surface area contributed by atoms with E-state index in [2.05, 4.69) is 28.9 Å². The summed E-state index contributed by atoms with van der Waals surface area (Å²) in [5.41, 5.74) is 4.29. The van der Waals surface area contributed by atoms with Gasteiger partial charge in [-0.3, -0.25) is 0 Å². The summed E-state index contributed by atoms with van der Waals surface area (Å²) in [5.74, 6) is 2.63. The summed E-state index contributed by atoms with van der Waals surface area (Å²) >= 11 is 0. The number of para-hydroxylation sites is 3. The molecule has 1 heterocycles. The Balaban J connectivity index is 1.73. The van der Waals surface area contributed by atoms with Crippen LogP contribution in [0.5, 0.6) is 11.5 Å². The first-order chi connectivity index (χ1) is 13.8. The van der Waals surface area contributed by atoms with Crippen molar-refractivity contribution in [3.8, 4) is 11.5 Å². The zero-order valence-electron chi connectivity index (χ0n) is 16.0. The molecule has 0 N–H and O–H groups in total. The zero-order valence-corrected chi connectivity index (χ0v) is 16.0. The zero-order chi connectivity index (χ0) is 19.3. The molecular formula is C24H22N2O2. The molecule has 0 unspecified atom stereocenters. The van der Waals surface area contributed by atoms with Crippen LogP contribution in [0.3, 0.4) is 0 Å². The highest BCUT2D eigenvalue weighted by Crippen LogP contribution is 2.24. The predicted molar refractivity (Wildman–Crippen MR) is 114 cm³/mol. The molecule has 4 rings (SSSR count). The first-order valence-corrected chi connectivity index (χ1v) is 9.18. The first-order valence-electron chi connectivity index (χ1n) is 9.18. The van der Waals surface area contributed by atoms with Gasteiger partial charge in [-0.15, -0.1) is 0 Å². The lowest BCUT2D eigenvalue weighted by molar-refractivity contribution is 0.408. The SMILES string of the molecule is COc1ccc(C=Cc2nc3ccccc3n2Cc2ccccc2OC)cc1. The Hall–Kier alpha value is -3.53. The summed E-state index contributed by atoms with van der Waals surface area (Å²) in [5, 5.41) is 0. The highest BCUT2D eigenvalue weighted by molar-refractivity contribution is 5.80. The fraction of sp³-hybridized carbons (Fsp3) is 0.125.